The van der Waals surface area contributed by atoms with Crippen LogP contribution in [0.1, 0.15) is 46.0 Å². The van der Waals surface area contributed by atoms with Crippen molar-refractivity contribution in [1.29, 1.82) is 0 Å². The van der Waals surface area contributed by atoms with E-state index in [1.165, 1.54) is 6.42 Å². The molecule has 17 heavy (non-hydrogen) atoms. The summed E-state index contributed by atoms with van der Waals surface area (Å²) in [5.74, 6) is 0.0211. The average Bonchev–Trinajstić information content (AvgIpc) is 3.07. The third-order valence-electron chi connectivity index (χ3n) is 3.96. The summed E-state index contributed by atoms with van der Waals surface area (Å²) in [5.41, 5.74) is 0. The van der Waals surface area contributed by atoms with Crippen LogP contribution >= 0.6 is 0 Å². The summed E-state index contributed by atoms with van der Waals surface area (Å²) in [4.78, 5) is 23.3. The Morgan fingerprint density at radius 1 is 0.882 bits per heavy atom. The number of carbonyl (C=O) groups excluding carboxylic acids is 2. The maximum absolute atomic E-state index is 11.7. The molecular weight excluding hydrogens is 216 g/mol. The molecule has 2 fully saturated rings. The van der Waals surface area contributed by atoms with E-state index in [1.54, 1.807) is 0 Å². The largest absolute Gasteiger partial charge is 0.345 e. The highest BCUT2D eigenvalue weighted by Crippen LogP contribution is 2.28. The minimum absolute atomic E-state index is 0.154. The quantitative estimate of drug-likeness (QED) is 0.710. The molecule has 4 heteroatoms. The van der Waals surface area contributed by atoms with Crippen molar-refractivity contribution < 1.29 is 9.59 Å². The van der Waals surface area contributed by atoms with E-state index < -0.39 is 11.8 Å². The first-order valence-electron chi connectivity index (χ1n) is 6.69. The number of hydrogen-bond donors (Lipinski definition) is 2. The van der Waals surface area contributed by atoms with E-state index in [1.807, 2.05) is 0 Å². The van der Waals surface area contributed by atoms with E-state index in [9.17, 15) is 9.59 Å². The van der Waals surface area contributed by atoms with Crippen molar-refractivity contribution in [2.24, 2.45) is 11.8 Å². The van der Waals surface area contributed by atoms with Crippen molar-refractivity contribution in [1.82, 2.24) is 10.6 Å². The van der Waals surface area contributed by atoms with Crippen molar-refractivity contribution in [3.63, 3.8) is 0 Å². The van der Waals surface area contributed by atoms with E-state index in [-0.39, 0.29) is 12.1 Å². The molecule has 96 valence electrons. The lowest BCUT2D eigenvalue weighted by Gasteiger charge is -2.34. The van der Waals surface area contributed by atoms with E-state index in [0.29, 0.717) is 11.8 Å². The average molecular weight is 238 g/mol. The van der Waals surface area contributed by atoms with E-state index in [4.69, 9.17) is 0 Å². The molecule has 0 heterocycles. The smallest absolute Gasteiger partial charge is 0.309 e. The molecule has 0 aromatic rings. The third kappa shape index (κ3) is 3.20. The van der Waals surface area contributed by atoms with Gasteiger partial charge in [0, 0.05) is 12.1 Å². The SMILES string of the molecule is C[C@@H]1CCC[C@@H](C)C1NC(=O)C(=O)NC1CC1. The molecule has 2 N–H and O–H groups in total. The molecule has 0 aromatic heterocycles. The number of amides is 2. The van der Waals surface area contributed by atoms with Crippen molar-refractivity contribution >= 4 is 11.8 Å². The molecule has 0 saturated heterocycles. The van der Waals surface area contributed by atoms with Crippen LogP contribution in [0.25, 0.3) is 0 Å². The first-order chi connectivity index (χ1) is 8.08. The topological polar surface area (TPSA) is 58.2 Å². The fraction of sp³-hybridized carbons (Fsp3) is 0.846. The van der Waals surface area contributed by atoms with Gasteiger partial charge in [0.25, 0.3) is 0 Å². The Bertz CT molecular complexity index is 303. The van der Waals surface area contributed by atoms with Gasteiger partial charge in [-0.3, -0.25) is 9.59 Å². The molecule has 4 nitrogen and oxygen atoms in total. The summed E-state index contributed by atoms with van der Waals surface area (Å²) in [6.45, 7) is 4.30. The van der Waals surface area contributed by atoms with Crippen LogP contribution in [0, 0.1) is 11.8 Å². The van der Waals surface area contributed by atoms with Gasteiger partial charge in [0.1, 0.15) is 0 Å². The normalized spacial score (nSPS) is 29.8. The second kappa shape index (κ2) is 5.07. The number of carbonyl (C=O) groups is 2. The van der Waals surface area contributed by atoms with E-state index in [0.717, 1.165) is 25.7 Å². The van der Waals surface area contributed by atoms with Gasteiger partial charge in [-0.1, -0.05) is 20.3 Å². The summed E-state index contributed by atoms with van der Waals surface area (Å²) in [6.07, 6.45) is 5.52. The molecule has 2 atom stereocenters. The second-order valence-corrected chi connectivity index (χ2v) is 5.63. The Morgan fingerprint density at radius 3 is 1.94 bits per heavy atom. The number of nitrogens with one attached hydrogen (secondary N) is 2. The number of hydrogen-bond acceptors (Lipinski definition) is 2. The Kier molecular flexibility index (Phi) is 3.69. The zero-order valence-electron chi connectivity index (χ0n) is 10.7. The highest BCUT2D eigenvalue weighted by molar-refractivity contribution is 6.35. The Morgan fingerprint density at radius 2 is 1.41 bits per heavy atom. The Balaban J connectivity index is 1.85. The predicted molar refractivity (Wildman–Crippen MR) is 65.3 cm³/mol. The summed E-state index contributed by atoms with van der Waals surface area (Å²) in [5, 5.41) is 5.62. The molecule has 2 saturated carbocycles. The maximum Gasteiger partial charge on any atom is 0.309 e. The van der Waals surface area contributed by atoms with Crippen molar-refractivity contribution in [2.45, 2.75) is 58.0 Å². The molecule has 0 radical (unpaired) electrons. The molecule has 0 aromatic carbocycles. The molecule has 0 aliphatic heterocycles. The summed E-state index contributed by atoms with van der Waals surface area (Å²) < 4.78 is 0. The van der Waals surface area contributed by atoms with Gasteiger partial charge < -0.3 is 10.6 Å². The standard InChI is InChI=1S/C13H22N2O2/c1-8-4-3-5-9(2)11(8)15-13(17)12(16)14-10-6-7-10/h8-11H,3-7H2,1-2H3,(H,14,16)(H,15,17)/t8-,9-/m1/s1. The van der Waals surface area contributed by atoms with Crippen LogP contribution in [0.3, 0.4) is 0 Å². The summed E-state index contributed by atoms with van der Waals surface area (Å²) >= 11 is 0. The maximum atomic E-state index is 11.7. The van der Waals surface area contributed by atoms with E-state index in [2.05, 4.69) is 24.5 Å². The van der Waals surface area contributed by atoms with Crippen LogP contribution in [0.4, 0.5) is 0 Å². The minimum Gasteiger partial charge on any atom is -0.345 e. The zero-order chi connectivity index (χ0) is 12.4. The molecule has 0 bridgehead atoms. The van der Waals surface area contributed by atoms with Gasteiger partial charge in [0.05, 0.1) is 0 Å². The Labute approximate surface area is 103 Å². The first-order valence-corrected chi connectivity index (χ1v) is 6.69. The lowest BCUT2D eigenvalue weighted by molar-refractivity contribution is -0.140. The Hall–Kier alpha value is -1.06. The minimum atomic E-state index is -0.461. The predicted octanol–water partition coefficient (Wildman–Crippen LogP) is 1.21. The summed E-state index contributed by atoms with van der Waals surface area (Å²) in [7, 11) is 0. The highest BCUT2D eigenvalue weighted by Gasteiger charge is 2.32. The zero-order valence-corrected chi connectivity index (χ0v) is 10.7. The van der Waals surface area contributed by atoms with Crippen LogP contribution in [0.2, 0.25) is 0 Å². The van der Waals surface area contributed by atoms with Gasteiger partial charge in [0.2, 0.25) is 0 Å². The van der Waals surface area contributed by atoms with Crippen LogP contribution in [0.5, 0.6) is 0 Å². The molecular formula is C13H22N2O2. The van der Waals surface area contributed by atoms with Crippen LogP contribution < -0.4 is 10.6 Å². The molecule has 2 aliphatic rings. The van der Waals surface area contributed by atoms with Gasteiger partial charge in [-0.2, -0.15) is 0 Å². The monoisotopic (exact) mass is 238 g/mol. The fourth-order valence-electron chi connectivity index (χ4n) is 2.66. The highest BCUT2D eigenvalue weighted by atomic mass is 16.2. The molecule has 0 spiro atoms. The number of rotatable bonds is 2. The fourth-order valence-corrected chi connectivity index (χ4v) is 2.66. The lowest BCUT2D eigenvalue weighted by atomic mass is 9.79. The first kappa shape index (κ1) is 12.4. The molecule has 2 aliphatic carbocycles. The van der Waals surface area contributed by atoms with Gasteiger partial charge in [-0.05, 0) is 37.5 Å². The van der Waals surface area contributed by atoms with Crippen LogP contribution in [0.15, 0.2) is 0 Å². The van der Waals surface area contributed by atoms with Crippen molar-refractivity contribution in [3.05, 3.63) is 0 Å². The van der Waals surface area contributed by atoms with Crippen molar-refractivity contribution in [3.8, 4) is 0 Å². The van der Waals surface area contributed by atoms with Gasteiger partial charge in [0.15, 0.2) is 0 Å². The molecule has 0 unspecified atom stereocenters. The van der Waals surface area contributed by atoms with E-state index >= 15 is 0 Å². The van der Waals surface area contributed by atoms with Gasteiger partial charge in [-0.25, -0.2) is 0 Å². The van der Waals surface area contributed by atoms with Crippen LogP contribution in [-0.4, -0.2) is 23.9 Å². The molecule has 2 amide bonds. The van der Waals surface area contributed by atoms with Gasteiger partial charge in [-0.15, -0.1) is 0 Å². The summed E-state index contributed by atoms with van der Waals surface area (Å²) in [6, 6.07) is 0.399. The third-order valence-corrected chi connectivity index (χ3v) is 3.96. The molecule has 2 rings (SSSR count). The van der Waals surface area contributed by atoms with Gasteiger partial charge >= 0.3 is 11.8 Å². The lowest BCUT2D eigenvalue weighted by Crippen LogP contribution is -2.50. The van der Waals surface area contributed by atoms with Crippen LogP contribution in [-0.2, 0) is 9.59 Å². The van der Waals surface area contributed by atoms with Crippen molar-refractivity contribution in [2.75, 3.05) is 0 Å². The second-order valence-electron chi connectivity index (χ2n) is 5.63.